The molecule has 0 radical (unpaired) electrons. The third-order valence-electron chi connectivity index (χ3n) is 2.94. The van der Waals surface area contributed by atoms with Crippen LogP contribution in [0.3, 0.4) is 0 Å². The van der Waals surface area contributed by atoms with Crippen molar-refractivity contribution in [3.8, 4) is 5.75 Å². The molecule has 0 saturated carbocycles. The van der Waals surface area contributed by atoms with Crippen LogP contribution in [-0.2, 0) is 10.0 Å². The zero-order valence-electron chi connectivity index (χ0n) is 12.4. The Bertz CT molecular complexity index is 558. The maximum atomic E-state index is 12.4. The van der Waals surface area contributed by atoms with Gasteiger partial charge in [0.05, 0.1) is 6.61 Å². The van der Waals surface area contributed by atoms with Crippen LogP contribution in [0.4, 0.5) is 0 Å². The second-order valence-electron chi connectivity index (χ2n) is 4.83. The summed E-state index contributed by atoms with van der Waals surface area (Å²) in [5.41, 5.74) is 0.792. The first-order valence-electron chi connectivity index (χ1n) is 6.77. The van der Waals surface area contributed by atoms with Crippen molar-refractivity contribution in [1.82, 2.24) is 4.72 Å². The molecule has 6 heteroatoms. The number of halogens is 1. The van der Waals surface area contributed by atoms with Gasteiger partial charge in [-0.05, 0) is 44.4 Å². The Morgan fingerprint density at radius 1 is 1.35 bits per heavy atom. The number of hydrogen-bond donors (Lipinski definition) is 1. The lowest BCUT2D eigenvalue weighted by Gasteiger charge is -2.16. The van der Waals surface area contributed by atoms with E-state index in [1.807, 2.05) is 27.7 Å². The van der Waals surface area contributed by atoms with Gasteiger partial charge in [-0.2, -0.15) is 0 Å². The highest BCUT2D eigenvalue weighted by molar-refractivity contribution is 7.89. The van der Waals surface area contributed by atoms with E-state index in [0.717, 1.165) is 12.0 Å². The van der Waals surface area contributed by atoms with Gasteiger partial charge >= 0.3 is 0 Å². The topological polar surface area (TPSA) is 55.4 Å². The fourth-order valence-electron chi connectivity index (χ4n) is 1.58. The van der Waals surface area contributed by atoms with Crippen molar-refractivity contribution in [1.29, 1.82) is 0 Å². The van der Waals surface area contributed by atoms with Crippen LogP contribution in [0.15, 0.2) is 17.0 Å². The molecule has 0 aliphatic heterocycles. The molecule has 20 heavy (non-hydrogen) atoms. The van der Waals surface area contributed by atoms with Gasteiger partial charge in [0.25, 0.3) is 0 Å². The highest BCUT2D eigenvalue weighted by Gasteiger charge is 2.22. The lowest BCUT2D eigenvalue weighted by molar-refractivity contribution is 0.309. The monoisotopic (exact) mass is 319 g/mol. The summed E-state index contributed by atoms with van der Waals surface area (Å²) in [5, 5.41) is 0.415. The third kappa shape index (κ3) is 4.36. The van der Waals surface area contributed by atoms with Crippen LogP contribution in [0.25, 0.3) is 0 Å². The first kappa shape index (κ1) is 17.3. The number of aryl methyl sites for hydroxylation is 1. The SMILES string of the molecule is CCCOc1cc(C)c(Cl)cc1S(=O)(=O)N[C@H](C)CC. The molecule has 0 aromatic heterocycles. The van der Waals surface area contributed by atoms with E-state index in [9.17, 15) is 8.42 Å². The van der Waals surface area contributed by atoms with E-state index < -0.39 is 10.0 Å². The van der Waals surface area contributed by atoms with Gasteiger partial charge in [-0.15, -0.1) is 0 Å². The Morgan fingerprint density at radius 3 is 2.55 bits per heavy atom. The number of hydrogen-bond acceptors (Lipinski definition) is 3. The molecule has 1 atom stereocenters. The molecule has 0 aliphatic rings. The van der Waals surface area contributed by atoms with Crippen molar-refractivity contribution in [2.24, 2.45) is 0 Å². The Hall–Kier alpha value is -0.780. The van der Waals surface area contributed by atoms with Gasteiger partial charge in [0, 0.05) is 11.1 Å². The van der Waals surface area contributed by atoms with E-state index in [4.69, 9.17) is 16.3 Å². The molecule has 1 rings (SSSR count). The van der Waals surface area contributed by atoms with E-state index in [-0.39, 0.29) is 10.9 Å². The number of nitrogens with one attached hydrogen (secondary N) is 1. The predicted octanol–water partition coefficient (Wildman–Crippen LogP) is 3.51. The summed E-state index contributed by atoms with van der Waals surface area (Å²) < 4.78 is 33.0. The minimum absolute atomic E-state index is 0.0989. The van der Waals surface area contributed by atoms with E-state index in [1.54, 1.807) is 6.07 Å². The lowest BCUT2D eigenvalue weighted by atomic mass is 10.2. The molecular weight excluding hydrogens is 298 g/mol. The lowest BCUT2D eigenvalue weighted by Crippen LogP contribution is -2.32. The smallest absolute Gasteiger partial charge is 0.244 e. The number of ether oxygens (including phenoxy) is 1. The summed E-state index contributed by atoms with van der Waals surface area (Å²) in [6.45, 7) is 7.99. The van der Waals surface area contributed by atoms with Gasteiger partial charge in [-0.25, -0.2) is 13.1 Å². The van der Waals surface area contributed by atoms with Gasteiger partial charge in [-0.1, -0.05) is 25.4 Å². The molecule has 1 aromatic rings. The fourth-order valence-corrected chi connectivity index (χ4v) is 3.29. The molecule has 0 unspecified atom stereocenters. The van der Waals surface area contributed by atoms with Crippen LogP contribution < -0.4 is 9.46 Å². The van der Waals surface area contributed by atoms with Crippen molar-refractivity contribution >= 4 is 21.6 Å². The van der Waals surface area contributed by atoms with Crippen LogP contribution in [0.5, 0.6) is 5.75 Å². The fraction of sp³-hybridized carbons (Fsp3) is 0.571. The maximum Gasteiger partial charge on any atom is 0.244 e. The van der Waals surface area contributed by atoms with Gasteiger partial charge in [0.1, 0.15) is 10.6 Å². The molecular formula is C14H22ClNO3S. The number of sulfonamides is 1. The molecule has 4 nitrogen and oxygen atoms in total. The van der Waals surface area contributed by atoms with Crippen LogP contribution >= 0.6 is 11.6 Å². The average molecular weight is 320 g/mol. The van der Waals surface area contributed by atoms with Gasteiger partial charge < -0.3 is 4.74 Å². The summed E-state index contributed by atoms with van der Waals surface area (Å²) in [5.74, 6) is 0.351. The zero-order valence-corrected chi connectivity index (χ0v) is 13.9. The molecule has 0 saturated heterocycles. The Balaban J connectivity index is 3.23. The maximum absolute atomic E-state index is 12.4. The standard InChI is InChI=1S/C14H22ClNO3S/c1-5-7-19-13-8-10(3)12(15)9-14(13)20(17,18)16-11(4)6-2/h8-9,11,16H,5-7H2,1-4H3/t11-/m1/s1. The summed E-state index contributed by atoms with van der Waals surface area (Å²) in [6.07, 6.45) is 1.52. The molecule has 1 N–H and O–H groups in total. The normalized spacial score (nSPS) is 13.2. The highest BCUT2D eigenvalue weighted by Crippen LogP contribution is 2.30. The summed E-state index contributed by atoms with van der Waals surface area (Å²) in [4.78, 5) is 0.0989. The first-order chi connectivity index (χ1) is 9.31. The second-order valence-corrected chi connectivity index (χ2v) is 6.92. The van der Waals surface area contributed by atoms with E-state index in [1.165, 1.54) is 6.07 Å². The Labute approximate surface area is 126 Å². The zero-order chi connectivity index (χ0) is 15.3. The number of rotatable bonds is 7. The summed E-state index contributed by atoms with van der Waals surface area (Å²) >= 11 is 6.05. The van der Waals surface area contributed by atoms with Crippen molar-refractivity contribution in [2.45, 2.75) is 51.5 Å². The second kappa shape index (κ2) is 7.29. The molecule has 0 bridgehead atoms. The summed E-state index contributed by atoms with van der Waals surface area (Å²) in [6, 6.07) is 2.98. The molecule has 0 heterocycles. The molecule has 114 valence electrons. The van der Waals surface area contributed by atoms with Crippen molar-refractivity contribution in [3.63, 3.8) is 0 Å². The van der Waals surface area contributed by atoms with Crippen LogP contribution in [0, 0.1) is 6.92 Å². The van der Waals surface area contributed by atoms with E-state index in [0.29, 0.717) is 23.8 Å². The number of benzene rings is 1. The van der Waals surface area contributed by atoms with Crippen LogP contribution in [0.2, 0.25) is 5.02 Å². The first-order valence-corrected chi connectivity index (χ1v) is 8.63. The van der Waals surface area contributed by atoms with Gasteiger partial charge in [0.2, 0.25) is 10.0 Å². The van der Waals surface area contributed by atoms with Crippen molar-refractivity contribution < 1.29 is 13.2 Å². The largest absolute Gasteiger partial charge is 0.492 e. The Morgan fingerprint density at radius 2 is 2.00 bits per heavy atom. The predicted molar refractivity (Wildman–Crippen MR) is 82.0 cm³/mol. The van der Waals surface area contributed by atoms with Gasteiger partial charge in [-0.3, -0.25) is 0 Å². The minimum Gasteiger partial charge on any atom is -0.492 e. The molecule has 0 fully saturated rings. The Kier molecular flexibility index (Phi) is 6.30. The van der Waals surface area contributed by atoms with Crippen LogP contribution in [-0.4, -0.2) is 21.1 Å². The summed E-state index contributed by atoms with van der Waals surface area (Å²) in [7, 11) is -3.63. The highest BCUT2D eigenvalue weighted by atomic mass is 35.5. The molecule has 0 aliphatic carbocycles. The van der Waals surface area contributed by atoms with E-state index in [2.05, 4.69) is 4.72 Å². The van der Waals surface area contributed by atoms with Gasteiger partial charge in [0.15, 0.2) is 0 Å². The van der Waals surface area contributed by atoms with Crippen LogP contribution in [0.1, 0.15) is 39.2 Å². The van der Waals surface area contributed by atoms with E-state index >= 15 is 0 Å². The van der Waals surface area contributed by atoms with Crippen molar-refractivity contribution in [3.05, 3.63) is 22.7 Å². The van der Waals surface area contributed by atoms with Crippen molar-refractivity contribution in [2.75, 3.05) is 6.61 Å². The average Bonchev–Trinajstić information content (AvgIpc) is 2.38. The molecule has 0 spiro atoms. The minimum atomic E-state index is -3.63. The third-order valence-corrected chi connectivity index (χ3v) is 4.96. The quantitative estimate of drug-likeness (QED) is 0.836. The molecule has 0 amide bonds. The molecule has 1 aromatic carbocycles.